The summed E-state index contributed by atoms with van der Waals surface area (Å²) < 4.78 is 19.1. The van der Waals surface area contributed by atoms with Crippen LogP contribution in [0.15, 0.2) is 53.4 Å². The van der Waals surface area contributed by atoms with Gasteiger partial charge >= 0.3 is 0 Å². The van der Waals surface area contributed by atoms with E-state index in [-0.39, 0.29) is 9.88 Å². The van der Waals surface area contributed by atoms with Crippen molar-refractivity contribution in [2.24, 2.45) is 0 Å². The van der Waals surface area contributed by atoms with Gasteiger partial charge < -0.3 is 4.74 Å². The van der Waals surface area contributed by atoms with Crippen LogP contribution in [0.5, 0.6) is 5.75 Å². The average molecular weight is 487 g/mol. The molecule has 0 aromatic heterocycles. The van der Waals surface area contributed by atoms with Crippen molar-refractivity contribution < 1.29 is 18.7 Å². The number of hydrogen-bond donors (Lipinski definition) is 1. The molecule has 8 heteroatoms. The van der Waals surface area contributed by atoms with E-state index in [1.54, 1.807) is 6.08 Å². The molecule has 1 heterocycles. The molecule has 33 heavy (non-hydrogen) atoms. The van der Waals surface area contributed by atoms with Crippen LogP contribution in [-0.2, 0) is 4.79 Å². The molecule has 2 aromatic rings. The fraction of sp³-hybridized carbons (Fsp3) is 0.320. The van der Waals surface area contributed by atoms with E-state index in [2.05, 4.69) is 12.3 Å². The molecule has 0 unspecified atom stereocenters. The van der Waals surface area contributed by atoms with Crippen molar-refractivity contribution in [3.05, 3.63) is 70.4 Å². The van der Waals surface area contributed by atoms with Crippen molar-refractivity contribution in [1.29, 1.82) is 0 Å². The lowest BCUT2D eigenvalue weighted by molar-refractivity contribution is -0.123. The molecule has 1 aliphatic heterocycles. The first-order valence-electron chi connectivity index (χ1n) is 11.1. The number of ether oxygens (including phenoxy) is 1. The van der Waals surface area contributed by atoms with Gasteiger partial charge in [-0.1, -0.05) is 62.9 Å². The van der Waals surface area contributed by atoms with E-state index in [0.29, 0.717) is 11.5 Å². The number of thiocarbonyl (C=S) groups is 1. The van der Waals surface area contributed by atoms with Crippen LogP contribution in [-0.4, -0.2) is 27.8 Å². The molecule has 1 aliphatic rings. The van der Waals surface area contributed by atoms with E-state index in [1.807, 2.05) is 24.3 Å². The van der Waals surface area contributed by atoms with Gasteiger partial charge in [-0.15, -0.1) is 0 Å². The van der Waals surface area contributed by atoms with Crippen molar-refractivity contribution in [2.45, 2.75) is 45.4 Å². The van der Waals surface area contributed by atoms with Crippen molar-refractivity contribution in [3.8, 4) is 5.75 Å². The molecule has 1 saturated heterocycles. The molecule has 174 valence electrons. The van der Waals surface area contributed by atoms with E-state index >= 15 is 0 Å². The molecule has 0 atom stereocenters. The van der Waals surface area contributed by atoms with E-state index in [1.165, 1.54) is 56.4 Å². The molecule has 0 aliphatic carbocycles. The third kappa shape index (κ3) is 7.40. The summed E-state index contributed by atoms with van der Waals surface area (Å²) in [6, 6.07) is 12.5. The average Bonchev–Trinajstić information content (AvgIpc) is 3.07. The molecule has 0 spiro atoms. The third-order valence-corrected chi connectivity index (χ3v) is 6.36. The van der Waals surface area contributed by atoms with Crippen LogP contribution < -0.4 is 10.2 Å². The van der Waals surface area contributed by atoms with Gasteiger partial charge in [-0.05, 0) is 66.7 Å². The molecule has 1 fully saturated rings. The Morgan fingerprint density at radius 1 is 1.06 bits per heavy atom. The molecule has 2 aromatic carbocycles. The van der Waals surface area contributed by atoms with Gasteiger partial charge in [0, 0.05) is 5.56 Å². The summed E-state index contributed by atoms with van der Waals surface area (Å²) in [5.41, 5.74) is 3.54. The Hall–Kier alpha value is -2.71. The first kappa shape index (κ1) is 24.9. The van der Waals surface area contributed by atoms with Gasteiger partial charge in [0.05, 0.1) is 11.5 Å². The number of thioether (sulfide) groups is 1. The molecular weight excluding hydrogens is 459 g/mol. The Balaban J connectivity index is 1.52. The third-order valence-electron chi connectivity index (χ3n) is 5.06. The number of nitrogens with one attached hydrogen (secondary N) is 1. The summed E-state index contributed by atoms with van der Waals surface area (Å²) in [7, 11) is 0. The molecule has 5 nitrogen and oxygen atoms in total. The minimum absolute atomic E-state index is 0.223. The highest BCUT2D eigenvalue weighted by molar-refractivity contribution is 8.26. The number of hydrogen-bond acceptors (Lipinski definition) is 5. The summed E-state index contributed by atoms with van der Waals surface area (Å²) in [5, 5.41) is 1.04. The first-order valence-corrected chi connectivity index (χ1v) is 12.3. The Morgan fingerprint density at radius 3 is 2.42 bits per heavy atom. The summed E-state index contributed by atoms with van der Waals surface area (Å²) in [4.78, 5) is 25.5. The molecule has 3 rings (SSSR count). The number of nitrogens with zero attached hydrogens (tertiary/aromatic N) is 1. The van der Waals surface area contributed by atoms with Crippen LogP contribution >= 0.6 is 24.0 Å². The molecule has 0 saturated carbocycles. The lowest BCUT2D eigenvalue weighted by atomic mass is 10.1. The number of unbranched alkanes of at least 4 members (excludes halogenated alkanes) is 5. The number of benzene rings is 2. The zero-order valence-corrected chi connectivity index (χ0v) is 20.1. The Kier molecular flexibility index (Phi) is 9.45. The fourth-order valence-electron chi connectivity index (χ4n) is 3.22. The maximum absolute atomic E-state index is 13.1. The number of rotatable bonds is 11. The SMILES string of the molecule is CCCCCCCCOc1ccc(/C=C2\SC(=S)N(NC(=O)c3ccc(F)cc3)C2=O)cc1. The van der Waals surface area contributed by atoms with E-state index in [0.717, 1.165) is 34.5 Å². The highest BCUT2D eigenvalue weighted by Gasteiger charge is 2.33. The fourth-order valence-corrected chi connectivity index (χ4v) is 4.39. The monoisotopic (exact) mass is 486 g/mol. The second-order valence-corrected chi connectivity index (χ2v) is 9.33. The second kappa shape index (κ2) is 12.5. The summed E-state index contributed by atoms with van der Waals surface area (Å²) >= 11 is 6.35. The lowest BCUT2D eigenvalue weighted by Crippen LogP contribution is -2.44. The van der Waals surface area contributed by atoms with Crippen LogP contribution in [0.2, 0.25) is 0 Å². The predicted octanol–water partition coefficient (Wildman–Crippen LogP) is 6.11. The van der Waals surface area contributed by atoms with Crippen LogP contribution in [0.25, 0.3) is 6.08 Å². The smallest absolute Gasteiger partial charge is 0.285 e. The Bertz CT molecular complexity index is 1010. The Morgan fingerprint density at radius 2 is 1.73 bits per heavy atom. The minimum Gasteiger partial charge on any atom is -0.494 e. The van der Waals surface area contributed by atoms with Crippen molar-refractivity contribution >= 4 is 46.2 Å². The van der Waals surface area contributed by atoms with E-state index in [9.17, 15) is 14.0 Å². The maximum Gasteiger partial charge on any atom is 0.285 e. The van der Waals surface area contributed by atoms with Crippen LogP contribution in [0, 0.1) is 5.82 Å². The summed E-state index contributed by atoms with van der Waals surface area (Å²) in [6.45, 7) is 2.90. The minimum atomic E-state index is -0.542. The van der Waals surface area contributed by atoms with Crippen molar-refractivity contribution in [1.82, 2.24) is 10.4 Å². The van der Waals surface area contributed by atoms with Crippen LogP contribution in [0.1, 0.15) is 61.4 Å². The molecule has 0 radical (unpaired) electrons. The zero-order valence-electron chi connectivity index (χ0n) is 18.5. The molecular formula is C25H27FN2O3S2. The topological polar surface area (TPSA) is 58.6 Å². The zero-order chi connectivity index (χ0) is 23.6. The first-order chi connectivity index (χ1) is 16.0. The highest BCUT2D eigenvalue weighted by Crippen LogP contribution is 2.31. The lowest BCUT2D eigenvalue weighted by Gasteiger charge is -2.15. The summed E-state index contributed by atoms with van der Waals surface area (Å²) in [6.07, 6.45) is 9.02. The van der Waals surface area contributed by atoms with Gasteiger partial charge in [0.15, 0.2) is 4.32 Å². The molecule has 0 bridgehead atoms. The van der Waals surface area contributed by atoms with Crippen LogP contribution in [0.3, 0.4) is 0 Å². The van der Waals surface area contributed by atoms with E-state index < -0.39 is 17.6 Å². The van der Waals surface area contributed by atoms with Gasteiger partial charge in [-0.25, -0.2) is 4.39 Å². The van der Waals surface area contributed by atoms with E-state index in [4.69, 9.17) is 17.0 Å². The number of hydrazine groups is 1. The quantitative estimate of drug-likeness (QED) is 0.236. The second-order valence-electron chi connectivity index (χ2n) is 7.65. The number of carbonyl (C=O) groups excluding carboxylic acids is 2. The Labute approximate surface area is 203 Å². The maximum atomic E-state index is 13.1. The molecule has 1 N–H and O–H groups in total. The van der Waals surface area contributed by atoms with Gasteiger partial charge in [0.1, 0.15) is 11.6 Å². The number of carbonyl (C=O) groups is 2. The normalized spacial score (nSPS) is 14.7. The van der Waals surface area contributed by atoms with Gasteiger partial charge in [0.25, 0.3) is 11.8 Å². The highest BCUT2D eigenvalue weighted by atomic mass is 32.2. The van der Waals surface area contributed by atoms with Gasteiger partial charge in [-0.2, -0.15) is 5.01 Å². The van der Waals surface area contributed by atoms with Gasteiger partial charge in [0.2, 0.25) is 0 Å². The van der Waals surface area contributed by atoms with Crippen molar-refractivity contribution in [2.75, 3.05) is 6.61 Å². The van der Waals surface area contributed by atoms with Crippen LogP contribution in [0.4, 0.5) is 4.39 Å². The van der Waals surface area contributed by atoms with Gasteiger partial charge in [-0.3, -0.25) is 15.0 Å². The number of halogens is 1. The predicted molar refractivity (Wildman–Crippen MR) is 134 cm³/mol. The summed E-state index contributed by atoms with van der Waals surface area (Å²) in [5.74, 6) is -0.609. The van der Waals surface area contributed by atoms with Crippen molar-refractivity contribution in [3.63, 3.8) is 0 Å². The largest absolute Gasteiger partial charge is 0.494 e. The standard InChI is InChI=1S/C25H27FN2O3S2/c1-2-3-4-5-6-7-16-31-21-14-8-18(9-15-21)17-22-24(30)28(25(32)33-22)27-23(29)19-10-12-20(26)13-11-19/h8-15,17H,2-7,16H2,1H3,(H,27,29)/b22-17-. The number of amides is 2. The molecule has 2 amide bonds.